The number of hydrogen-bond acceptors (Lipinski definition) is 3. The van der Waals surface area contributed by atoms with Gasteiger partial charge in [-0.05, 0) is 25.8 Å². The number of hydrogen-bond donors (Lipinski definition) is 2. The van der Waals surface area contributed by atoms with E-state index in [2.05, 4.69) is 10.4 Å². The van der Waals surface area contributed by atoms with Gasteiger partial charge < -0.3 is 5.11 Å². The Hall–Kier alpha value is -1.36. The maximum Gasteiger partial charge on any atom is 0.320 e. The van der Waals surface area contributed by atoms with Crippen LogP contribution in [0.4, 0.5) is 0 Å². The summed E-state index contributed by atoms with van der Waals surface area (Å²) in [6.07, 6.45) is 3.31. The van der Waals surface area contributed by atoms with Gasteiger partial charge in [-0.3, -0.25) is 14.8 Å². The molecule has 0 amide bonds. The summed E-state index contributed by atoms with van der Waals surface area (Å²) in [4.78, 5) is 10.8. The maximum absolute atomic E-state index is 10.8. The molecule has 15 heavy (non-hydrogen) atoms. The van der Waals surface area contributed by atoms with E-state index in [9.17, 15) is 4.79 Å². The predicted molar refractivity (Wildman–Crippen MR) is 54.4 cm³/mol. The minimum Gasteiger partial charge on any atom is -0.480 e. The molecule has 1 fully saturated rings. The lowest BCUT2D eigenvalue weighted by atomic mass is 10.1. The minimum absolute atomic E-state index is 0.133. The number of nitrogens with zero attached hydrogens (tertiary/aromatic N) is 2. The molecule has 1 aliphatic rings. The van der Waals surface area contributed by atoms with E-state index in [0.29, 0.717) is 6.42 Å². The molecule has 2 atom stereocenters. The van der Waals surface area contributed by atoms with Crippen molar-refractivity contribution in [2.24, 2.45) is 0 Å². The second-order valence-corrected chi connectivity index (χ2v) is 3.76. The van der Waals surface area contributed by atoms with Gasteiger partial charge in [0.05, 0.1) is 5.69 Å². The first-order valence-corrected chi connectivity index (χ1v) is 5.23. The van der Waals surface area contributed by atoms with Gasteiger partial charge in [0.25, 0.3) is 0 Å². The number of carboxylic acid groups (broad SMARTS) is 1. The number of aliphatic carboxylic acids is 1. The highest BCUT2D eigenvalue weighted by Gasteiger charge is 2.30. The molecule has 2 rings (SSSR count). The first-order chi connectivity index (χ1) is 7.22. The topological polar surface area (TPSA) is 67.2 Å². The highest BCUT2D eigenvalue weighted by Crippen LogP contribution is 2.26. The number of carboxylic acids is 1. The molecule has 2 N–H and O–H groups in total. The number of carbonyl (C=O) groups is 1. The Balaban J connectivity index is 2.10. The second kappa shape index (κ2) is 4.02. The average Bonchev–Trinajstić information content (AvgIpc) is 2.85. The Morgan fingerprint density at radius 3 is 3.13 bits per heavy atom. The normalized spacial score (nSPS) is 25.7. The molecule has 5 nitrogen and oxygen atoms in total. The number of nitrogens with one attached hydrogen (secondary N) is 1. The van der Waals surface area contributed by atoms with Crippen LogP contribution in [0.2, 0.25) is 0 Å². The smallest absolute Gasteiger partial charge is 0.320 e. The summed E-state index contributed by atoms with van der Waals surface area (Å²) >= 11 is 0. The fraction of sp³-hybridized carbons (Fsp3) is 0.600. The molecule has 1 aromatic rings. The van der Waals surface area contributed by atoms with Gasteiger partial charge in [-0.15, -0.1) is 0 Å². The van der Waals surface area contributed by atoms with Gasteiger partial charge in [-0.2, -0.15) is 5.10 Å². The van der Waals surface area contributed by atoms with Crippen molar-refractivity contribution in [2.75, 3.05) is 0 Å². The van der Waals surface area contributed by atoms with Gasteiger partial charge in [-0.1, -0.05) is 0 Å². The van der Waals surface area contributed by atoms with E-state index in [1.165, 1.54) is 0 Å². The highest BCUT2D eigenvalue weighted by atomic mass is 16.4. The van der Waals surface area contributed by atoms with Crippen molar-refractivity contribution in [1.29, 1.82) is 0 Å². The maximum atomic E-state index is 10.8. The van der Waals surface area contributed by atoms with Crippen LogP contribution >= 0.6 is 0 Å². The Kier molecular flexibility index (Phi) is 2.73. The van der Waals surface area contributed by atoms with Crippen molar-refractivity contribution < 1.29 is 9.90 Å². The highest BCUT2D eigenvalue weighted by molar-refractivity contribution is 5.73. The van der Waals surface area contributed by atoms with Crippen LogP contribution in [0.1, 0.15) is 31.5 Å². The van der Waals surface area contributed by atoms with E-state index >= 15 is 0 Å². The van der Waals surface area contributed by atoms with E-state index in [-0.39, 0.29) is 6.04 Å². The molecule has 2 heterocycles. The van der Waals surface area contributed by atoms with Crippen molar-refractivity contribution in [3.8, 4) is 0 Å². The zero-order valence-electron chi connectivity index (χ0n) is 8.68. The summed E-state index contributed by atoms with van der Waals surface area (Å²) in [6.45, 7) is 2.85. The lowest BCUT2D eigenvalue weighted by molar-refractivity contribution is -0.139. The standard InChI is InChI=1S/C10H15N3O2/c1-2-13-9(5-6-11-13)7-3-4-8(12-7)10(14)15/h5-8,12H,2-4H2,1H3,(H,14,15). The molecule has 1 saturated heterocycles. The molecule has 1 aromatic heterocycles. The van der Waals surface area contributed by atoms with Crippen LogP contribution < -0.4 is 5.32 Å². The third-order valence-electron chi connectivity index (χ3n) is 2.85. The fourth-order valence-electron chi connectivity index (χ4n) is 2.07. The Morgan fingerprint density at radius 2 is 2.53 bits per heavy atom. The average molecular weight is 209 g/mol. The van der Waals surface area contributed by atoms with Crippen LogP contribution in [0.3, 0.4) is 0 Å². The van der Waals surface area contributed by atoms with Gasteiger partial charge in [0.1, 0.15) is 6.04 Å². The first kappa shape index (κ1) is 10.2. The van der Waals surface area contributed by atoms with E-state index < -0.39 is 12.0 Å². The van der Waals surface area contributed by atoms with Gasteiger partial charge in [0, 0.05) is 18.8 Å². The molecule has 0 spiro atoms. The van der Waals surface area contributed by atoms with Crippen LogP contribution in [0.25, 0.3) is 0 Å². The van der Waals surface area contributed by atoms with Crippen LogP contribution in [-0.2, 0) is 11.3 Å². The zero-order chi connectivity index (χ0) is 10.8. The second-order valence-electron chi connectivity index (χ2n) is 3.76. The SMILES string of the molecule is CCn1nccc1C1CCC(C(=O)O)N1. The Morgan fingerprint density at radius 1 is 1.73 bits per heavy atom. The molecule has 0 saturated carbocycles. The molecule has 1 aliphatic heterocycles. The molecule has 0 aromatic carbocycles. The molecule has 2 unspecified atom stereocenters. The molecule has 5 heteroatoms. The van der Waals surface area contributed by atoms with Crippen molar-refractivity contribution in [3.05, 3.63) is 18.0 Å². The third-order valence-corrected chi connectivity index (χ3v) is 2.85. The number of aryl methyl sites for hydroxylation is 1. The predicted octanol–water partition coefficient (Wildman–Crippen LogP) is 0.781. The molecular weight excluding hydrogens is 194 g/mol. The fourth-order valence-corrected chi connectivity index (χ4v) is 2.07. The van der Waals surface area contributed by atoms with Crippen molar-refractivity contribution in [3.63, 3.8) is 0 Å². The van der Waals surface area contributed by atoms with E-state index in [1.54, 1.807) is 6.20 Å². The summed E-state index contributed by atoms with van der Waals surface area (Å²) in [6, 6.07) is 1.68. The Labute approximate surface area is 88.1 Å². The Bertz CT molecular complexity index is 361. The molecule has 0 bridgehead atoms. The summed E-state index contributed by atoms with van der Waals surface area (Å²) in [7, 11) is 0. The molecule has 0 aliphatic carbocycles. The minimum atomic E-state index is -0.764. The summed E-state index contributed by atoms with van der Waals surface area (Å²) < 4.78 is 1.90. The van der Waals surface area contributed by atoms with Gasteiger partial charge in [0.2, 0.25) is 0 Å². The van der Waals surface area contributed by atoms with Crippen molar-refractivity contribution >= 4 is 5.97 Å². The molecular formula is C10H15N3O2. The van der Waals surface area contributed by atoms with Crippen LogP contribution in [0, 0.1) is 0 Å². The van der Waals surface area contributed by atoms with Crippen LogP contribution in [0.15, 0.2) is 12.3 Å². The molecule has 82 valence electrons. The summed E-state index contributed by atoms with van der Waals surface area (Å²) in [5.41, 5.74) is 1.08. The molecule has 0 radical (unpaired) electrons. The summed E-state index contributed by atoms with van der Waals surface area (Å²) in [5.74, 6) is -0.764. The quantitative estimate of drug-likeness (QED) is 0.772. The monoisotopic (exact) mass is 209 g/mol. The van der Waals surface area contributed by atoms with Crippen molar-refractivity contribution in [2.45, 2.75) is 38.4 Å². The lowest BCUT2D eigenvalue weighted by Gasteiger charge is -2.13. The number of rotatable bonds is 3. The van der Waals surface area contributed by atoms with Crippen LogP contribution in [-0.4, -0.2) is 26.9 Å². The third kappa shape index (κ3) is 1.87. The van der Waals surface area contributed by atoms with Gasteiger partial charge >= 0.3 is 5.97 Å². The van der Waals surface area contributed by atoms with E-state index in [4.69, 9.17) is 5.11 Å². The van der Waals surface area contributed by atoms with E-state index in [1.807, 2.05) is 17.7 Å². The zero-order valence-corrected chi connectivity index (χ0v) is 8.68. The van der Waals surface area contributed by atoms with E-state index in [0.717, 1.165) is 18.7 Å². The summed E-state index contributed by atoms with van der Waals surface area (Å²) in [5, 5.41) is 16.2. The first-order valence-electron chi connectivity index (χ1n) is 5.23. The lowest BCUT2D eigenvalue weighted by Crippen LogP contribution is -2.32. The van der Waals surface area contributed by atoms with Crippen LogP contribution in [0.5, 0.6) is 0 Å². The largest absolute Gasteiger partial charge is 0.480 e. The van der Waals surface area contributed by atoms with Gasteiger partial charge in [0.15, 0.2) is 0 Å². The van der Waals surface area contributed by atoms with Crippen molar-refractivity contribution in [1.82, 2.24) is 15.1 Å². The number of aromatic nitrogens is 2. The van der Waals surface area contributed by atoms with Gasteiger partial charge in [-0.25, -0.2) is 0 Å².